The fourth-order valence-corrected chi connectivity index (χ4v) is 4.86. The van der Waals surface area contributed by atoms with Crippen molar-refractivity contribution in [2.45, 2.75) is 46.0 Å². The monoisotopic (exact) mass is 415 g/mol. The quantitative estimate of drug-likeness (QED) is 0.624. The SMILES string of the molecule is CC1=C(C(=O)OCCc2ccccc2)C(c2ccccc2)C2C(=O)CC(C)(C)CC2=N1. The van der Waals surface area contributed by atoms with Crippen molar-refractivity contribution in [2.75, 3.05) is 6.61 Å². The van der Waals surface area contributed by atoms with E-state index in [1.807, 2.05) is 67.6 Å². The second-order valence-corrected chi connectivity index (χ2v) is 9.32. The van der Waals surface area contributed by atoms with Gasteiger partial charge in [-0.2, -0.15) is 0 Å². The van der Waals surface area contributed by atoms with Gasteiger partial charge in [0.25, 0.3) is 0 Å². The van der Waals surface area contributed by atoms with Crippen LogP contribution in [0.15, 0.2) is 76.9 Å². The molecule has 1 aliphatic heterocycles. The minimum Gasteiger partial charge on any atom is -0.462 e. The molecule has 0 bridgehead atoms. The Morgan fingerprint density at radius 2 is 1.65 bits per heavy atom. The van der Waals surface area contributed by atoms with Gasteiger partial charge in [0.05, 0.1) is 18.1 Å². The predicted molar refractivity (Wildman–Crippen MR) is 122 cm³/mol. The Kier molecular flexibility index (Phi) is 5.90. The number of ether oxygens (including phenoxy) is 1. The van der Waals surface area contributed by atoms with Gasteiger partial charge >= 0.3 is 5.97 Å². The van der Waals surface area contributed by atoms with Gasteiger partial charge in [0.15, 0.2) is 0 Å². The molecule has 1 aliphatic carbocycles. The van der Waals surface area contributed by atoms with Crippen LogP contribution in [0.3, 0.4) is 0 Å². The first-order valence-corrected chi connectivity index (χ1v) is 10.9. The molecule has 2 aromatic carbocycles. The van der Waals surface area contributed by atoms with Gasteiger partial charge in [-0.25, -0.2) is 4.79 Å². The molecule has 2 aliphatic rings. The van der Waals surface area contributed by atoms with E-state index in [9.17, 15) is 9.59 Å². The number of rotatable bonds is 5. The number of benzene rings is 2. The molecule has 1 heterocycles. The zero-order valence-electron chi connectivity index (χ0n) is 18.4. The third kappa shape index (κ3) is 4.53. The summed E-state index contributed by atoms with van der Waals surface area (Å²) in [5.74, 6) is -0.953. The first kappa shape index (κ1) is 21.2. The van der Waals surface area contributed by atoms with E-state index in [1.54, 1.807) is 0 Å². The average molecular weight is 416 g/mol. The highest BCUT2D eigenvalue weighted by molar-refractivity contribution is 6.12. The number of Topliss-reactive ketones (excluding diaryl/α,β-unsaturated/α-hetero) is 1. The molecule has 31 heavy (non-hydrogen) atoms. The number of esters is 1. The maximum atomic E-state index is 13.2. The molecule has 0 N–H and O–H groups in total. The molecule has 0 aromatic heterocycles. The Morgan fingerprint density at radius 3 is 2.32 bits per heavy atom. The minimum absolute atomic E-state index is 0.109. The summed E-state index contributed by atoms with van der Waals surface area (Å²) in [6.07, 6.45) is 1.91. The zero-order valence-corrected chi connectivity index (χ0v) is 18.4. The lowest BCUT2D eigenvalue weighted by atomic mass is 9.63. The Hall–Kier alpha value is -3.01. The summed E-state index contributed by atoms with van der Waals surface area (Å²) in [6, 6.07) is 19.8. The van der Waals surface area contributed by atoms with E-state index >= 15 is 0 Å². The summed E-state index contributed by atoms with van der Waals surface area (Å²) < 4.78 is 5.69. The molecule has 0 amide bonds. The van der Waals surface area contributed by atoms with Crippen molar-refractivity contribution in [3.8, 4) is 0 Å². The number of ketones is 1. The molecule has 2 aromatic rings. The minimum atomic E-state index is -0.393. The van der Waals surface area contributed by atoms with Crippen LogP contribution in [0.2, 0.25) is 0 Å². The van der Waals surface area contributed by atoms with Crippen molar-refractivity contribution < 1.29 is 14.3 Å². The lowest BCUT2D eigenvalue weighted by molar-refractivity contribution is -0.139. The maximum absolute atomic E-state index is 13.2. The van der Waals surface area contributed by atoms with Crippen LogP contribution in [0.25, 0.3) is 0 Å². The fraction of sp³-hybridized carbons (Fsp3) is 0.370. The van der Waals surface area contributed by atoms with E-state index in [0.29, 0.717) is 30.7 Å². The molecule has 4 nitrogen and oxygen atoms in total. The third-order valence-corrected chi connectivity index (χ3v) is 6.21. The van der Waals surface area contributed by atoms with Crippen LogP contribution < -0.4 is 0 Å². The standard InChI is InChI=1S/C27H29NO3/c1-18-23(26(30)31-15-14-19-10-6-4-7-11-19)24(20-12-8-5-9-13-20)25-21(28-18)16-27(2,3)17-22(25)29/h4-13,24-25H,14-17H2,1-3H3. The largest absolute Gasteiger partial charge is 0.462 e. The van der Waals surface area contributed by atoms with Crippen molar-refractivity contribution in [1.29, 1.82) is 0 Å². The lowest BCUT2D eigenvalue weighted by Gasteiger charge is -2.41. The van der Waals surface area contributed by atoms with Crippen molar-refractivity contribution >= 4 is 17.5 Å². The molecular weight excluding hydrogens is 386 g/mol. The number of carbonyl (C=O) groups is 2. The summed E-state index contributed by atoms with van der Waals surface area (Å²) in [4.78, 5) is 31.2. The first-order chi connectivity index (χ1) is 14.9. The Morgan fingerprint density at radius 1 is 1.00 bits per heavy atom. The highest BCUT2D eigenvalue weighted by Crippen LogP contribution is 2.46. The smallest absolute Gasteiger partial charge is 0.336 e. The molecule has 2 atom stereocenters. The van der Waals surface area contributed by atoms with Crippen molar-refractivity contribution in [1.82, 2.24) is 0 Å². The van der Waals surface area contributed by atoms with E-state index < -0.39 is 5.92 Å². The Bertz CT molecular complexity index is 1030. The molecular formula is C27H29NO3. The van der Waals surface area contributed by atoms with Gasteiger partial charge in [0.1, 0.15) is 5.78 Å². The Labute approximate surface area is 184 Å². The summed E-state index contributed by atoms with van der Waals surface area (Å²) in [5, 5.41) is 0. The predicted octanol–water partition coefficient (Wildman–Crippen LogP) is 5.29. The van der Waals surface area contributed by atoms with Crippen LogP contribution >= 0.6 is 0 Å². The van der Waals surface area contributed by atoms with Crippen LogP contribution in [-0.2, 0) is 20.7 Å². The number of aliphatic imine (C=N–C) groups is 1. The molecule has 0 saturated heterocycles. The van der Waals surface area contributed by atoms with Crippen LogP contribution in [0.5, 0.6) is 0 Å². The third-order valence-electron chi connectivity index (χ3n) is 6.21. The van der Waals surface area contributed by atoms with Gasteiger partial charge in [0.2, 0.25) is 0 Å². The van der Waals surface area contributed by atoms with Crippen molar-refractivity contribution in [3.63, 3.8) is 0 Å². The van der Waals surface area contributed by atoms with Crippen LogP contribution in [0.4, 0.5) is 0 Å². The van der Waals surface area contributed by atoms with E-state index in [2.05, 4.69) is 13.8 Å². The van der Waals surface area contributed by atoms with Gasteiger partial charge in [0, 0.05) is 30.2 Å². The maximum Gasteiger partial charge on any atom is 0.336 e. The average Bonchev–Trinajstić information content (AvgIpc) is 2.73. The lowest BCUT2D eigenvalue weighted by Crippen LogP contribution is -2.44. The van der Waals surface area contributed by atoms with Crippen molar-refractivity contribution in [3.05, 3.63) is 83.1 Å². The molecule has 4 rings (SSSR count). The van der Waals surface area contributed by atoms with Gasteiger partial charge in [-0.3, -0.25) is 9.79 Å². The van der Waals surface area contributed by atoms with E-state index in [-0.39, 0.29) is 23.1 Å². The first-order valence-electron chi connectivity index (χ1n) is 10.9. The van der Waals surface area contributed by atoms with Gasteiger partial charge in [-0.1, -0.05) is 74.5 Å². The topological polar surface area (TPSA) is 55.7 Å². The highest BCUT2D eigenvalue weighted by Gasteiger charge is 2.47. The number of hydrogen-bond donors (Lipinski definition) is 0. The molecule has 1 fully saturated rings. The number of hydrogen-bond acceptors (Lipinski definition) is 4. The fourth-order valence-electron chi connectivity index (χ4n) is 4.86. The normalized spacial score (nSPS) is 22.5. The van der Waals surface area contributed by atoms with E-state index in [0.717, 1.165) is 23.3 Å². The number of fused-ring (bicyclic) bond motifs is 1. The van der Waals surface area contributed by atoms with Gasteiger partial charge < -0.3 is 4.74 Å². The summed E-state index contributed by atoms with van der Waals surface area (Å²) >= 11 is 0. The van der Waals surface area contributed by atoms with Gasteiger partial charge in [-0.15, -0.1) is 0 Å². The van der Waals surface area contributed by atoms with Crippen molar-refractivity contribution in [2.24, 2.45) is 16.3 Å². The van der Waals surface area contributed by atoms with Crippen LogP contribution in [-0.4, -0.2) is 24.1 Å². The molecule has 0 radical (unpaired) electrons. The summed E-state index contributed by atoms with van der Waals surface area (Å²) in [6.45, 7) is 6.36. The zero-order chi connectivity index (χ0) is 22.0. The number of allylic oxidation sites excluding steroid dienone is 1. The second-order valence-electron chi connectivity index (χ2n) is 9.32. The van der Waals surface area contributed by atoms with Crippen LogP contribution in [0.1, 0.15) is 50.7 Å². The summed E-state index contributed by atoms with van der Waals surface area (Å²) in [7, 11) is 0. The number of carbonyl (C=O) groups excluding carboxylic acids is 2. The molecule has 4 heteroatoms. The molecule has 0 spiro atoms. The van der Waals surface area contributed by atoms with Crippen LogP contribution in [0, 0.1) is 11.3 Å². The van der Waals surface area contributed by atoms with E-state index in [4.69, 9.17) is 9.73 Å². The summed E-state index contributed by atoms with van der Waals surface area (Å²) in [5.41, 5.74) is 4.04. The Balaban J connectivity index is 1.65. The number of nitrogens with zero attached hydrogens (tertiary/aromatic N) is 1. The van der Waals surface area contributed by atoms with E-state index in [1.165, 1.54) is 0 Å². The second kappa shape index (κ2) is 8.62. The highest BCUT2D eigenvalue weighted by atomic mass is 16.5. The molecule has 1 saturated carbocycles. The van der Waals surface area contributed by atoms with Gasteiger partial charge in [-0.05, 0) is 29.9 Å². The molecule has 2 unspecified atom stereocenters. The molecule has 160 valence electrons.